The summed E-state index contributed by atoms with van der Waals surface area (Å²) >= 11 is 4.81. The van der Waals surface area contributed by atoms with E-state index in [-0.39, 0.29) is 10.9 Å². The van der Waals surface area contributed by atoms with Crippen LogP contribution in [0.15, 0.2) is 35.9 Å². The molecule has 0 fully saturated rings. The molecular weight excluding hydrogens is 345 g/mol. The fourth-order valence-corrected chi connectivity index (χ4v) is 3.20. The number of allylic oxidation sites excluding steroid dienone is 2. The van der Waals surface area contributed by atoms with Gasteiger partial charge in [-0.2, -0.15) is 13.2 Å². The van der Waals surface area contributed by atoms with E-state index in [9.17, 15) is 18.0 Å². The van der Waals surface area contributed by atoms with Crippen LogP contribution in [0.3, 0.4) is 0 Å². The van der Waals surface area contributed by atoms with Gasteiger partial charge in [0.15, 0.2) is 0 Å². The van der Waals surface area contributed by atoms with Gasteiger partial charge in [0.05, 0.1) is 17.6 Å². The molecule has 0 amide bonds. The molecular formula is C16H17F3O2S2. The molecule has 23 heavy (non-hydrogen) atoms. The number of carbonyl (C=O) groups excluding carboxylic acids is 1. The predicted molar refractivity (Wildman–Crippen MR) is 88.6 cm³/mol. The topological polar surface area (TPSA) is 26.3 Å². The van der Waals surface area contributed by atoms with E-state index >= 15 is 0 Å². The maximum Gasteiger partial charge on any atom is 0.416 e. The Hall–Kier alpha value is -1.08. The molecule has 0 aromatic heterocycles. The molecule has 0 heterocycles. The molecule has 1 aromatic rings. The second kappa shape index (κ2) is 8.15. The highest BCUT2D eigenvalue weighted by atomic mass is 32.2. The van der Waals surface area contributed by atoms with Crippen molar-refractivity contribution in [2.24, 2.45) is 0 Å². The smallest absolute Gasteiger partial charge is 0.416 e. The van der Waals surface area contributed by atoms with Gasteiger partial charge in [0, 0.05) is 0 Å². The Bertz CT molecular complexity index is 568. The first-order valence-electron chi connectivity index (χ1n) is 7.27. The van der Waals surface area contributed by atoms with Crippen molar-refractivity contribution in [3.63, 3.8) is 0 Å². The Kier molecular flexibility index (Phi) is 6.47. The average Bonchev–Trinajstić information content (AvgIpc) is 2.99. The molecule has 0 N–H and O–H groups in total. The molecule has 1 unspecified atom stereocenters. The van der Waals surface area contributed by atoms with E-state index in [0.717, 1.165) is 49.9 Å². The molecule has 0 saturated carbocycles. The first-order chi connectivity index (χ1) is 10.9. The quantitative estimate of drug-likeness (QED) is 0.397. The third-order valence-corrected chi connectivity index (χ3v) is 5.04. The summed E-state index contributed by atoms with van der Waals surface area (Å²) in [5.74, 6) is 0.280. The zero-order valence-corrected chi connectivity index (χ0v) is 14.0. The molecule has 7 heteroatoms. The second-order valence-corrected chi connectivity index (χ2v) is 6.69. The van der Waals surface area contributed by atoms with Gasteiger partial charge in [-0.3, -0.25) is 4.79 Å². The molecule has 126 valence electrons. The lowest BCUT2D eigenvalue weighted by Crippen LogP contribution is -2.13. The minimum Gasteiger partial charge on any atom is -0.425 e. The van der Waals surface area contributed by atoms with Crippen molar-refractivity contribution >= 4 is 29.8 Å². The van der Waals surface area contributed by atoms with E-state index in [0.29, 0.717) is 6.42 Å². The van der Waals surface area contributed by atoms with Gasteiger partial charge in [0.25, 0.3) is 0 Å². The SMILES string of the molecule is O=C(S)C(CCC1=CCCC1)SOc1ccc(C(F)(F)F)cc1. The van der Waals surface area contributed by atoms with Crippen LogP contribution in [0.2, 0.25) is 0 Å². The highest BCUT2D eigenvalue weighted by molar-refractivity contribution is 8.03. The van der Waals surface area contributed by atoms with E-state index in [1.807, 2.05) is 0 Å². The molecule has 2 nitrogen and oxygen atoms in total. The number of carbonyl (C=O) groups is 1. The molecule has 0 aliphatic heterocycles. The van der Waals surface area contributed by atoms with Gasteiger partial charge in [-0.05, 0) is 56.4 Å². The first-order valence-corrected chi connectivity index (χ1v) is 8.53. The summed E-state index contributed by atoms with van der Waals surface area (Å²) in [6, 6.07) is 4.40. The standard InChI is InChI=1S/C16H17F3O2S2/c17-16(18,19)12-6-8-13(9-7-12)21-23-14(15(20)22)10-5-11-3-1-2-4-11/h3,6-9,14H,1-2,4-5,10H2,(H,20,22). The molecule has 0 saturated heterocycles. The summed E-state index contributed by atoms with van der Waals surface area (Å²) in [5, 5.41) is -0.734. The number of hydrogen-bond donors (Lipinski definition) is 1. The highest BCUT2D eigenvalue weighted by Gasteiger charge is 2.30. The Labute approximate surface area is 143 Å². The predicted octanol–water partition coefficient (Wildman–Crippen LogP) is 5.45. The maximum absolute atomic E-state index is 12.5. The fourth-order valence-electron chi connectivity index (χ4n) is 2.31. The van der Waals surface area contributed by atoms with E-state index in [4.69, 9.17) is 4.18 Å². The Morgan fingerprint density at radius 2 is 2.00 bits per heavy atom. The third kappa shape index (κ3) is 5.80. The summed E-state index contributed by atoms with van der Waals surface area (Å²) in [5.41, 5.74) is 0.615. The highest BCUT2D eigenvalue weighted by Crippen LogP contribution is 2.32. The number of benzene rings is 1. The van der Waals surface area contributed by atoms with E-state index < -0.39 is 17.0 Å². The third-order valence-electron chi connectivity index (χ3n) is 3.58. The lowest BCUT2D eigenvalue weighted by atomic mass is 10.1. The van der Waals surface area contributed by atoms with Crippen molar-refractivity contribution in [3.05, 3.63) is 41.5 Å². The van der Waals surface area contributed by atoms with Crippen molar-refractivity contribution in [1.29, 1.82) is 0 Å². The second-order valence-electron chi connectivity index (χ2n) is 5.32. The van der Waals surface area contributed by atoms with E-state index in [2.05, 4.69) is 18.7 Å². The van der Waals surface area contributed by atoms with Gasteiger partial charge in [0.1, 0.15) is 11.0 Å². The van der Waals surface area contributed by atoms with Crippen LogP contribution < -0.4 is 4.18 Å². The first kappa shape index (κ1) is 18.3. The van der Waals surface area contributed by atoms with Gasteiger partial charge < -0.3 is 4.18 Å². The van der Waals surface area contributed by atoms with Crippen LogP contribution in [0.1, 0.15) is 37.7 Å². The van der Waals surface area contributed by atoms with Crippen LogP contribution in [0.4, 0.5) is 13.2 Å². The molecule has 1 atom stereocenters. The van der Waals surface area contributed by atoms with Crippen molar-refractivity contribution in [2.75, 3.05) is 0 Å². The van der Waals surface area contributed by atoms with Crippen LogP contribution in [0.25, 0.3) is 0 Å². The number of halogens is 3. The average molecular weight is 362 g/mol. The number of rotatable bonds is 7. The van der Waals surface area contributed by atoms with Crippen molar-refractivity contribution in [1.82, 2.24) is 0 Å². The summed E-state index contributed by atoms with van der Waals surface area (Å²) in [6.07, 6.45) is 2.57. The van der Waals surface area contributed by atoms with E-state index in [1.165, 1.54) is 17.7 Å². The summed E-state index contributed by atoms with van der Waals surface area (Å²) < 4.78 is 42.8. The molecule has 0 spiro atoms. The number of thiol groups is 1. The molecule has 0 radical (unpaired) electrons. The summed E-state index contributed by atoms with van der Waals surface area (Å²) in [4.78, 5) is 11.6. The van der Waals surface area contributed by atoms with Gasteiger partial charge >= 0.3 is 6.18 Å². The molecule has 2 rings (SSSR count). The molecule has 1 aliphatic rings. The zero-order valence-electron chi connectivity index (χ0n) is 12.3. The Morgan fingerprint density at radius 3 is 2.52 bits per heavy atom. The number of alkyl halides is 3. The molecule has 1 aromatic carbocycles. The summed E-state index contributed by atoms with van der Waals surface area (Å²) in [7, 11) is 0. The van der Waals surface area contributed by atoms with Crippen LogP contribution in [-0.4, -0.2) is 10.4 Å². The Balaban J connectivity index is 1.86. The van der Waals surface area contributed by atoms with Crippen molar-refractivity contribution in [3.8, 4) is 5.75 Å². The van der Waals surface area contributed by atoms with Crippen molar-refractivity contribution < 1.29 is 22.1 Å². The van der Waals surface area contributed by atoms with Crippen molar-refractivity contribution in [2.45, 2.75) is 43.5 Å². The maximum atomic E-state index is 12.5. The molecule has 1 aliphatic carbocycles. The van der Waals surface area contributed by atoms with Crippen LogP contribution in [-0.2, 0) is 11.0 Å². The fraction of sp³-hybridized carbons (Fsp3) is 0.438. The van der Waals surface area contributed by atoms with Gasteiger partial charge in [0.2, 0.25) is 5.12 Å². The molecule has 0 bridgehead atoms. The lowest BCUT2D eigenvalue weighted by molar-refractivity contribution is -0.137. The number of hydrogen-bond acceptors (Lipinski definition) is 3. The van der Waals surface area contributed by atoms with Crippen LogP contribution in [0.5, 0.6) is 5.75 Å². The largest absolute Gasteiger partial charge is 0.425 e. The monoisotopic (exact) mass is 362 g/mol. The van der Waals surface area contributed by atoms with Gasteiger partial charge in [-0.25, -0.2) is 0 Å². The zero-order chi connectivity index (χ0) is 16.9. The normalized spacial score (nSPS) is 16.1. The van der Waals surface area contributed by atoms with Crippen LogP contribution in [0, 0.1) is 0 Å². The van der Waals surface area contributed by atoms with Gasteiger partial charge in [-0.1, -0.05) is 11.6 Å². The summed E-state index contributed by atoms with van der Waals surface area (Å²) in [6.45, 7) is 0. The minimum atomic E-state index is -4.37. The van der Waals surface area contributed by atoms with Crippen LogP contribution >= 0.6 is 24.7 Å². The lowest BCUT2D eigenvalue weighted by Gasteiger charge is -2.13. The Morgan fingerprint density at radius 1 is 1.30 bits per heavy atom. The van der Waals surface area contributed by atoms with E-state index in [1.54, 1.807) is 0 Å². The minimum absolute atomic E-state index is 0.280. The van der Waals surface area contributed by atoms with Gasteiger partial charge in [-0.15, -0.1) is 12.6 Å².